The molecule has 2 aromatic carbocycles. The topological polar surface area (TPSA) is 31.4 Å². The number of halogens is 2. The van der Waals surface area contributed by atoms with Crippen LogP contribution in [0.4, 0.5) is 15.8 Å². The summed E-state index contributed by atoms with van der Waals surface area (Å²) in [5, 5.41) is 5.04. The maximum Gasteiger partial charge on any atom is 0.127 e. The standard InChI is InChI=1S/C21H22ClFN4/c1-26-8-10-27(11-9-26)14-15-12-17(3-5-19(15)23)25-20-6-7-24-21-13-16(22)2-4-18(20)21/h2-7,12-13H,8-11,14H2,1H3,(H,24,25). The molecule has 1 saturated heterocycles. The number of piperazine rings is 1. The predicted molar refractivity (Wildman–Crippen MR) is 109 cm³/mol. The maximum absolute atomic E-state index is 14.3. The van der Waals surface area contributed by atoms with Crippen LogP contribution in [-0.4, -0.2) is 48.0 Å². The molecule has 0 aliphatic carbocycles. The van der Waals surface area contributed by atoms with Crippen LogP contribution in [-0.2, 0) is 6.54 Å². The molecule has 1 aliphatic rings. The smallest absolute Gasteiger partial charge is 0.127 e. The van der Waals surface area contributed by atoms with Crippen molar-refractivity contribution in [1.29, 1.82) is 0 Å². The Bertz CT molecular complexity index is 954. The highest BCUT2D eigenvalue weighted by molar-refractivity contribution is 6.31. The van der Waals surface area contributed by atoms with Gasteiger partial charge >= 0.3 is 0 Å². The summed E-state index contributed by atoms with van der Waals surface area (Å²) in [6.45, 7) is 4.59. The number of benzene rings is 2. The van der Waals surface area contributed by atoms with E-state index in [9.17, 15) is 4.39 Å². The number of rotatable bonds is 4. The molecule has 140 valence electrons. The van der Waals surface area contributed by atoms with Crippen LogP contribution < -0.4 is 5.32 Å². The second-order valence-corrected chi connectivity index (χ2v) is 7.47. The van der Waals surface area contributed by atoms with Crippen molar-refractivity contribution < 1.29 is 4.39 Å². The molecule has 1 N–H and O–H groups in total. The van der Waals surface area contributed by atoms with E-state index < -0.39 is 0 Å². The molecule has 0 atom stereocenters. The molecular formula is C21H22ClFN4. The lowest BCUT2D eigenvalue weighted by molar-refractivity contribution is 0.147. The summed E-state index contributed by atoms with van der Waals surface area (Å²) in [5.41, 5.74) is 3.33. The first-order valence-electron chi connectivity index (χ1n) is 9.09. The van der Waals surface area contributed by atoms with Gasteiger partial charge in [0.05, 0.1) is 5.52 Å². The number of likely N-dealkylation sites (N-methyl/N-ethyl adjacent to an activating group) is 1. The Morgan fingerprint density at radius 3 is 2.70 bits per heavy atom. The third-order valence-corrected chi connectivity index (χ3v) is 5.25. The van der Waals surface area contributed by atoms with E-state index >= 15 is 0 Å². The fourth-order valence-electron chi connectivity index (χ4n) is 3.41. The van der Waals surface area contributed by atoms with E-state index in [0.717, 1.165) is 48.5 Å². The first-order chi connectivity index (χ1) is 13.1. The van der Waals surface area contributed by atoms with Gasteiger partial charge in [-0.25, -0.2) is 4.39 Å². The van der Waals surface area contributed by atoms with Gasteiger partial charge in [0.1, 0.15) is 5.82 Å². The lowest BCUT2D eigenvalue weighted by Crippen LogP contribution is -2.44. The molecule has 1 aliphatic heterocycles. The highest BCUT2D eigenvalue weighted by Crippen LogP contribution is 2.28. The van der Waals surface area contributed by atoms with Crippen LogP contribution in [0.3, 0.4) is 0 Å². The molecule has 0 amide bonds. The molecule has 0 unspecified atom stereocenters. The van der Waals surface area contributed by atoms with Crippen molar-refractivity contribution in [3.8, 4) is 0 Å². The van der Waals surface area contributed by atoms with Crippen molar-refractivity contribution in [1.82, 2.24) is 14.8 Å². The third kappa shape index (κ3) is 4.21. The number of nitrogens with one attached hydrogen (secondary N) is 1. The first-order valence-corrected chi connectivity index (χ1v) is 9.47. The number of anilines is 2. The van der Waals surface area contributed by atoms with E-state index in [4.69, 9.17) is 11.6 Å². The van der Waals surface area contributed by atoms with E-state index in [1.807, 2.05) is 30.3 Å². The third-order valence-electron chi connectivity index (χ3n) is 5.02. The summed E-state index contributed by atoms with van der Waals surface area (Å²) in [6.07, 6.45) is 1.75. The molecular weight excluding hydrogens is 363 g/mol. The summed E-state index contributed by atoms with van der Waals surface area (Å²) in [6, 6.07) is 12.8. The molecule has 0 bridgehead atoms. The Balaban J connectivity index is 1.56. The number of hydrogen-bond donors (Lipinski definition) is 1. The van der Waals surface area contributed by atoms with Gasteiger partial charge in [-0.05, 0) is 49.5 Å². The molecule has 4 rings (SSSR count). The minimum Gasteiger partial charge on any atom is -0.355 e. The van der Waals surface area contributed by atoms with Crippen LogP contribution in [0.2, 0.25) is 5.02 Å². The quantitative estimate of drug-likeness (QED) is 0.716. The SMILES string of the molecule is CN1CCN(Cc2cc(Nc3ccnc4cc(Cl)ccc34)ccc2F)CC1. The van der Waals surface area contributed by atoms with Gasteiger partial charge in [-0.15, -0.1) is 0 Å². The summed E-state index contributed by atoms with van der Waals surface area (Å²) in [7, 11) is 2.12. The van der Waals surface area contributed by atoms with E-state index in [-0.39, 0.29) is 5.82 Å². The monoisotopic (exact) mass is 384 g/mol. The van der Waals surface area contributed by atoms with Crippen molar-refractivity contribution in [2.45, 2.75) is 6.54 Å². The second kappa shape index (κ2) is 7.80. The Morgan fingerprint density at radius 1 is 1.07 bits per heavy atom. The molecule has 4 nitrogen and oxygen atoms in total. The van der Waals surface area contributed by atoms with E-state index in [0.29, 0.717) is 17.1 Å². The molecule has 1 aromatic heterocycles. The van der Waals surface area contributed by atoms with Crippen molar-refractivity contribution >= 4 is 33.9 Å². The Labute approximate surface area is 163 Å². The average molecular weight is 385 g/mol. The summed E-state index contributed by atoms with van der Waals surface area (Å²) in [5.74, 6) is -0.161. The number of hydrogen-bond acceptors (Lipinski definition) is 4. The van der Waals surface area contributed by atoms with Gasteiger partial charge in [0.15, 0.2) is 0 Å². The molecule has 3 aromatic rings. The van der Waals surface area contributed by atoms with Gasteiger partial charge in [-0.2, -0.15) is 0 Å². The number of pyridine rings is 1. The lowest BCUT2D eigenvalue weighted by atomic mass is 10.1. The van der Waals surface area contributed by atoms with Crippen LogP contribution >= 0.6 is 11.6 Å². The van der Waals surface area contributed by atoms with Gasteiger partial charge in [0.25, 0.3) is 0 Å². The van der Waals surface area contributed by atoms with Crippen LogP contribution in [0.5, 0.6) is 0 Å². The van der Waals surface area contributed by atoms with Crippen molar-refractivity contribution in [3.05, 3.63) is 65.1 Å². The second-order valence-electron chi connectivity index (χ2n) is 7.03. The number of aromatic nitrogens is 1. The van der Waals surface area contributed by atoms with E-state index in [1.165, 1.54) is 6.07 Å². The molecule has 1 fully saturated rings. The van der Waals surface area contributed by atoms with Crippen molar-refractivity contribution in [3.63, 3.8) is 0 Å². The molecule has 0 radical (unpaired) electrons. The summed E-state index contributed by atoms with van der Waals surface area (Å²) < 4.78 is 14.3. The zero-order valence-electron chi connectivity index (χ0n) is 15.3. The van der Waals surface area contributed by atoms with E-state index in [1.54, 1.807) is 12.3 Å². The van der Waals surface area contributed by atoms with Crippen LogP contribution in [0.25, 0.3) is 10.9 Å². The van der Waals surface area contributed by atoms with Gasteiger partial charge in [-0.3, -0.25) is 9.88 Å². The highest BCUT2D eigenvalue weighted by Gasteiger charge is 2.16. The van der Waals surface area contributed by atoms with Gasteiger partial charge in [0.2, 0.25) is 0 Å². The number of nitrogens with zero attached hydrogens (tertiary/aromatic N) is 3. The summed E-state index contributed by atoms with van der Waals surface area (Å²) >= 11 is 6.06. The Morgan fingerprint density at radius 2 is 1.89 bits per heavy atom. The first kappa shape index (κ1) is 18.2. The zero-order chi connectivity index (χ0) is 18.8. The van der Waals surface area contributed by atoms with Crippen LogP contribution in [0, 0.1) is 5.82 Å². The van der Waals surface area contributed by atoms with Gasteiger partial charge in [0, 0.05) is 66.3 Å². The molecule has 0 spiro atoms. The predicted octanol–water partition coefficient (Wildman–Crippen LogP) is 4.52. The maximum atomic E-state index is 14.3. The van der Waals surface area contributed by atoms with Gasteiger partial charge < -0.3 is 10.2 Å². The molecule has 0 saturated carbocycles. The minimum absolute atomic E-state index is 0.161. The minimum atomic E-state index is -0.161. The van der Waals surface area contributed by atoms with Gasteiger partial charge in [-0.1, -0.05) is 11.6 Å². The van der Waals surface area contributed by atoms with E-state index in [2.05, 4.69) is 27.1 Å². The normalized spacial score (nSPS) is 16.0. The largest absolute Gasteiger partial charge is 0.355 e. The highest BCUT2D eigenvalue weighted by atomic mass is 35.5. The fourth-order valence-corrected chi connectivity index (χ4v) is 3.57. The molecule has 27 heavy (non-hydrogen) atoms. The fraction of sp³-hybridized carbons (Fsp3) is 0.286. The lowest BCUT2D eigenvalue weighted by Gasteiger charge is -2.32. The van der Waals surface area contributed by atoms with Crippen LogP contribution in [0.1, 0.15) is 5.56 Å². The number of fused-ring (bicyclic) bond motifs is 1. The van der Waals surface area contributed by atoms with Crippen molar-refractivity contribution in [2.75, 3.05) is 38.5 Å². The van der Waals surface area contributed by atoms with Crippen molar-refractivity contribution in [2.24, 2.45) is 0 Å². The molecule has 2 heterocycles. The van der Waals surface area contributed by atoms with Crippen LogP contribution in [0.15, 0.2) is 48.7 Å². The molecule has 6 heteroatoms. The average Bonchev–Trinajstić information content (AvgIpc) is 2.66. The Hall–Kier alpha value is -2.21. The summed E-state index contributed by atoms with van der Waals surface area (Å²) in [4.78, 5) is 8.96. The Kier molecular flexibility index (Phi) is 5.25. The zero-order valence-corrected chi connectivity index (χ0v) is 16.0.